The Morgan fingerprint density at radius 2 is 1.50 bits per heavy atom. The van der Waals surface area contributed by atoms with Gasteiger partial charge in [-0.1, -0.05) is 88.4 Å². The average molecular weight is 373 g/mol. The summed E-state index contributed by atoms with van der Waals surface area (Å²) in [4.78, 5) is 11.5. The Hall–Kier alpha value is -0.730. The Balaban J connectivity index is 2.14. The molecule has 0 amide bonds. The number of unbranched alkanes of at least 4 members (excludes halogenated alkanes) is 9. The molecule has 1 aromatic rings. The van der Waals surface area contributed by atoms with E-state index in [1.807, 2.05) is 12.1 Å². The van der Waals surface area contributed by atoms with E-state index in [2.05, 4.69) is 6.92 Å². The van der Waals surface area contributed by atoms with Crippen LogP contribution in [0.5, 0.6) is 5.75 Å². The van der Waals surface area contributed by atoms with E-state index in [9.17, 15) is 4.79 Å². The van der Waals surface area contributed by atoms with Gasteiger partial charge < -0.3 is 4.74 Å². The lowest BCUT2D eigenvalue weighted by Gasteiger charge is -2.16. The lowest BCUT2D eigenvalue weighted by Crippen LogP contribution is -2.23. The van der Waals surface area contributed by atoms with Crippen molar-refractivity contribution in [1.29, 1.82) is 0 Å². The lowest BCUT2D eigenvalue weighted by atomic mass is 10.0. The van der Waals surface area contributed by atoms with Gasteiger partial charge in [0.2, 0.25) is 0 Å². The minimum Gasteiger partial charge on any atom is -0.480 e. The summed E-state index contributed by atoms with van der Waals surface area (Å²) in [5, 5.41) is 0.0503. The van der Waals surface area contributed by atoms with Crippen LogP contribution in [-0.2, 0) is 4.79 Å². The second kappa shape index (κ2) is 13.5. The van der Waals surface area contributed by atoms with Crippen LogP contribution in [0.1, 0.15) is 77.6 Å². The number of carbonyl (C=O) groups is 1. The molecule has 0 heterocycles. The van der Waals surface area contributed by atoms with E-state index in [4.69, 9.17) is 27.9 Å². The van der Waals surface area contributed by atoms with Gasteiger partial charge in [-0.25, -0.2) is 0 Å². The molecule has 1 rings (SSSR count). The maximum Gasteiger partial charge on any atom is 0.262 e. The summed E-state index contributed by atoms with van der Waals surface area (Å²) < 4.78 is 5.68. The first-order valence-corrected chi connectivity index (χ1v) is 10.0. The first kappa shape index (κ1) is 21.3. The molecule has 0 radical (unpaired) electrons. The molecule has 0 saturated heterocycles. The third kappa shape index (κ3) is 9.54. The topological polar surface area (TPSA) is 26.3 Å². The fourth-order valence-electron chi connectivity index (χ4n) is 2.73. The van der Waals surface area contributed by atoms with Crippen LogP contribution in [-0.4, -0.2) is 11.3 Å². The van der Waals surface area contributed by atoms with Crippen molar-refractivity contribution in [2.24, 2.45) is 0 Å². The number of para-hydroxylation sites is 1. The number of carbonyl (C=O) groups excluding carboxylic acids is 1. The molecule has 0 fully saturated rings. The number of hydrogen-bond donors (Lipinski definition) is 0. The predicted molar refractivity (Wildman–Crippen MR) is 103 cm³/mol. The molecule has 0 saturated carbocycles. The van der Waals surface area contributed by atoms with Gasteiger partial charge in [-0.05, 0) is 36.6 Å². The first-order chi connectivity index (χ1) is 11.6. The molecule has 0 N–H and O–H groups in total. The van der Waals surface area contributed by atoms with E-state index in [0.717, 1.165) is 12.8 Å². The van der Waals surface area contributed by atoms with Crippen LogP contribution in [0.2, 0.25) is 5.02 Å². The molecule has 0 aliphatic rings. The maximum absolute atomic E-state index is 11.5. The van der Waals surface area contributed by atoms with Gasteiger partial charge in [0.1, 0.15) is 5.75 Å². The number of rotatable bonds is 14. The number of benzene rings is 1. The quantitative estimate of drug-likeness (QED) is 0.255. The smallest absolute Gasteiger partial charge is 0.262 e. The van der Waals surface area contributed by atoms with Crippen LogP contribution >= 0.6 is 23.2 Å². The minimum absolute atomic E-state index is 0.453. The van der Waals surface area contributed by atoms with Gasteiger partial charge in [-0.3, -0.25) is 4.79 Å². The van der Waals surface area contributed by atoms with Gasteiger partial charge in [0, 0.05) is 0 Å². The minimum atomic E-state index is -0.611. The molecule has 1 atom stereocenters. The number of hydrogen-bond acceptors (Lipinski definition) is 2. The fraction of sp³-hybridized carbons (Fsp3) is 0.650. The van der Waals surface area contributed by atoms with E-state index < -0.39 is 11.3 Å². The summed E-state index contributed by atoms with van der Waals surface area (Å²) >= 11 is 11.7. The van der Waals surface area contributed by atoms with Gasteiger partial charge in [-0.15, -0.1) is 0 Å². The summed E-state index contributed by atoms with van der Waals surface area (Å²) in [6, 6.07) is 7.16. The summed E-state index contributed by atoms with van der Waals surface area (Å²) in [6.45, 7) is 2.24. The van der Waals surface area contributed by atoms with E-state index in [-0.39, 0.29) is 0 Å². The zero-order valence-electron chi connectivity index (χ0n) is 14.7. The molecular formula is C20H30Cl2O2. The summed E-state index contributed by atoms with van der Waals surface area (Å²) in [5.41, 5.74) is 0. The van der Waals surface area contributed by atoms with Crippen molar-refractivity contribution >= 4 is 28.4 Å². The highest BCUT2D eigenvalue weighted by molar-refractivity contribution is 6.64. The Labute approximate surface area is 156 Å². The highest BCUT2D eigenvalue weighted by atomic mass is 35.5. The zero-order valence-corrected chi connectivity index (χ0v) is 16.2. The van der Waals surface area contributed by atoms with Crippen LogP contribution in [0, 0.1) is 0 Å². The summed E-state index contributed by atoms with van der Waals surface area (Å²) in [6.07, 6.45) is 12.6. The molecule has 0 bridgehead atoms. The molecule has 2 nitrogen and oxygen atoms in total. The number of halogens is 2. The molecule has 0 spiro atoms. The van der Waals surface area contributed by atoms with Crippen LogP contribution in [0.4, 0.5) is 0 Å². The third-order valence-electron chi connectivity index (χ3n) is 4.18. The Morgan fingerprint density at radius 1 is 0.958 bits per heavy atom. The number of ether oxygens (including phenoxy) is 1. The summed E-state index contributed by atoms with van der Waals surface area (Å²) in [5.74, 6) is 0.519. The van der Waals surface area contributed by atoms with E-state index in [1.165, 1.54) is 51.4 Å². The first-order valence-electron chi connectivity index (χ1n) is 9.25. The zero-order chi connectivity index (χ0) is 17.6. The second-order valence-electron chi connectivity index (χ2n) is 6.31. The van der Waals surface area contributed by atoms with E-state index in [0.29, 0.717) is 17.2 Å². The van der Waals surface area contributed by atoms with E-state index >= 15 is 0 Å². The normalized spacial score (nSPS) is 12.1. The van der Waals surface area contributed by atoms with Crippen molar-refractivity contribution in [3.63, 3.8) is 0 Å². The van der Waals surface area contributed by atoms with Crippen molar-refractivity contribution in [1.82, 2.24) is 0 Å². The molecule has 1 unspecified atom stereocenters. The van der Waals surface area contributed by atoms with E-state index in [1.54, 1.807) is 12.1 Å². The van der Waals surface area contributed by atoms with Crippen LogP contribution < -0.4 is 4.74 Å². The molecule has 0 aliphatic heterocycles. The van der Waals surface area contributed by atoms with Crippen molar-refractivity contribution in [3.8, 4) is 5.75 Å². The Kier molecular flexibility index (Phi) is 12.0. The van der Waals surface area contributed by atoms with Gasteiger partial charge in [0.25, 0.3) is 5.24 Å². The third-order valence-corrected chi connectivity index (χ3v) is 4.73. The fourth-order valence-corrected chi connectivity index (χ4v) is 3.06. The second-order valence-corrected chi connectivity index (χ2v) is 7.09. The monoisotopic (exact) mass is 372 g/mol. The van der Waals surface area contributed by atoms with Gasteiger partial charge in [-0.2, -0.15) is 0 Å². The highest BCUT2D eigenvalue weighted by Gasteiger charge is 2.18. The Morgan fingerprint density at radius 3 is 2.04 bits per heavy atom. The van der Waals surface area contributed by atoms with Crippen LogP contribution in [0.25, 0.3) is 0 Å². The van der Waals surface area contributed by atoms with Crippen molar-refractivity contribution in [2.75, 3.05) is 0 Å². The molecule has 4 heteroatoms. The standard InChI is InChI=1S/C20H30Cl2O2/c1-2-3-4-5-6-7-8-9-10-11-16-19(20(22)23)24-18-15-13-12-14-17(18)21/h12-15,19H,2-11,16H2,1H3. The molecule has 136 valence electrons. The van der Waals surface area contributed by atoms with Crippen molar-refractivity contribution in [3.05, 3.63) is 29.3 Å². The van der Waals surface area contributed by atoms with Gasteiger partial charge in [0.05, 0.1) is 5.02 Å². The molecule has 0 aliphatic carbocycles. The van der Waals surface area contributed by atoms with Crippen molar-refractivity contribution < 1.29 is 9.53 Å². The molecule has 24 heavy (non-hydrogen) atoms. The molecule has 1 aromatic carbocycles. The molecule has 0 aromatic heterocycles. The predicted octanol–water partition coefficient (Wildman–Crippen LogP) is 7.16. The van der Waals surface area contributed by atoms with Crippen LogP contribution in [0.3, 0.4) is 0 Å². The van der Waals surface area contributed by atoms with Gasteiger partial charge in [0.15, 0.2) is 6.10 Å². The molecular weight excluding hydrogens is 343 g/mol. The van der Waals surface area contributed by atoms with Gasteiger partial charge >= 0.3 is 0 Å². The maximum atomic E-state index is 11.5. The SMILES string of the molecule is CCCCCCCCCCCCC(Oc1ccccc1Cl)C(=O)Cl. The lowest BCUT2D eigenvalue weighted by molar-refractivity contribution is -0.118. The average Bonchev–Trinajstić information content (AvgIpc) is 2.57. The van der Waals surface area contributed by atoms with Crippen LogP contribution in [0.15, 0.2) is 24.3 Å². The summed E-state index contributed by atoms with van der Waals surface area (Å²) in [7, 11) is 0. The van der Waals surface area contributed by atoms with Crippen molar-refractivity contribution in [2.45, 2.75) is 83.7 Å². The largest absolute Gasteiger partial charge is 0.480 e. The highest BCUT2D eigenvalue weighted by Crippen LogP contribution is 2.26. The Bertz CT molecular complexity index is 463.